The van der Waals surface area contributed by atoms with Crippen LogP contribution in [0.15, 0.2) is 18.2 Å². The first kappa shape index (κ1) is 17.3. The zero-order valence-corrected chi connectivity index (χ0v) is 14.0. The highest BCUT2D eigenvalue weighted by molar-refractivity contribution is 5.98. The fraction of sp³-hybridized carbons (Fsp3) is 0.556. The summed E-state index contributed by atoms with van der Waals surface area (Å²) in [6, 6.07) is 7.24. The summed E-state index contributed by atoms with van der Waals surface area (Å²) in [5.74, 6) is 0.692. The summed E-state index contributed by atoms with van der Waals surface area (Å²) in [7, 11) is 0. The quantitative estimate of drug-likeness (QED) is 0.797. The van der Waals surface area contributed by atoms with Crippen LogP contribution in [0.25, 0.3) is 0 Å². The Kier molecular flexibility index (Phi) is 5.62. The summed E-state index contributed by atoms with van der Waals surface area (Å²) in [5, 5.41) is 12.2. The first-order chi connectivity index (χ1) is 11.0. The molecule has 1 saturated carbocycles. The van der Waals surface area contributed by atoms with Gasteiger partial charge in [-0.3, -0.25) is 4.79 Å². The first-order valence-electron chi connectivity index (χ1n) is 8.17. The first-order valence-corrected chi connectivity index (χ1v) is 8.17. The minimum absolute atomic E-state index is 0.194. The van der Waals surface area contributed by atoms with Crippen LogP contribution in [0.3, 0.4) is 0 Å². The van der Waals surface area contributed by atoms with Crippen molar-refractivity contribution < 1.29 is 14.3 Å². The van der Waals surface area contributed by atoms with Gasteiger partial charge in [0.1, 0.15) is 17.4 Å². The number of hydrogen-bond acceptors (Lipinski definition) is 4. The van der Waals surface area contributed by atoms with E-state index in [1.807, 2.05) is 20.8 Å². The highest BCUT2D eigenvalue weighted by Crippen LogP contribution is 2.42. The van der Waals surface area contributed by atoms with Crippen LogP contribution >= 0.6 is 0 Å². The molecule has 2 rings (SSSR count). The lowest BCUT2D eigenvalue weighted by Crippen LogP contribution is -2.45. The van der Waals surface area contributed by atoms with Gasteiger partial charge in [-0.1, -0.05) is 6.92 Å². The number of carbonyl (C=O) groups is 1. The summed E-state index contributed by atoms with van der Waals surface area (Å²) in [6.45, 7) is 6.81. The average Bonchev–Trinajstić information content (AvgIpc) is 3.39. The standard InChI is InChI=1S/C18H24N2O3/c1-4-10-22-15-8-9-16(13(11-15)12-19)20-17(21)18(3,23-5-2)14-6-7-14/h8-9,11,14H,4-7,10H2,1-3H3,(H,20,21)/t18-/m0/s1. The Bertz CT molecular complexity index is 605. The number of amides is 1. The topological polar surface area (TPSA) is 71.3 Å². The number of ether oxygens (including phenoxy) is 2. The van der Waals surface area contributed by atoms with Crippen LogP contribution in [0.4, 0.5) is 5.69 Å². The van der Waals surface area contributed by atoms with E-state index in [2.05, 4.69) is 11.4 Å². The van der Waals surface area contributed by atoms with Gasteiger partial charge in [0.15, 0.2) is 0 Å². The van der Waals surface area contributed by atoms with E-state index < -0.39 is 5.60 Å². The third kappa shape index (κ3) is 4.02. The number of carbonyl (C=O) groups excluding carboxylic acids is 1. The summed E-state index contributed by atoms with van der Waals surface area (Å²) in [6.07, 6.45) is 2.89. The molecular weight excluding hydrogens is 292 g/mol. The molecule has 0 unspecified atom stereocenters. The number of rotatable bonds is 8. The Morgan fingerprint density at radius 2 is 2.17 bits per heavy atom. The van der Waals surface area contributed by atoms with Crippen molar-refractivity contribution in [2.24, 2.45) is 5.92 Å². The van der Waals surface area contributed by atoms with Crippen molar-refractivity contribution in [1.82, 2.24) is 0 Å². The highest BCUT2D eigenvalue weighted by Gasteiger charge is 2.48. The van der Waals surface area contributed by atoms with E-state index in [9.17, 15) is 10.1 Å². The maximum Gasteiger partial charge on any atom is 0.256 e. The molecule has 1 aromatic rings. The predicted molar refractivity (Wildman–Crippen MR) is 88.3 cm³/mol. The van der Waals surface area contributed by atoms with Gasteiger partial charge in [-0.2, -0.15) is 5.26 Å². The normalized spacial score (nSPS) is 16.3. The molecule has 1 aromatic carbocycles. The summed E-state index contributed by atoms with van der Waals surface area (Å²) < 4.78 is 11.2. The number of nitrogens with one attached hydrogen (secondary N) is 1. The second-order valence-corrected chi connectivity index (χ2v) is 5.94. The predicted octanol–water partition coefficient (Wildman–Crippen LogP) is 3.49. The Morgan fingerprint density at radius 1 is 1.43 bits per heavy atom. The van der Waals surface area contributed by atoms with Crippen molar-refractivity contribution >= 4 is 11.6 Å². The third-order valence-corrected chi connectivity index (χ3v) is 4.08. The highest BCUT2D eigenvalue weighted by atomic mass is 16.5. The van der Waals surface area contributed by atoms with Crippen LogP contribution in [0.5, 0.6) is 5.75 Å². The molecule has 0 saturated heterocycles. The van der Waals surface area contributed by atoms with Crippen LogP contribution in [0.2, 0.25) is 0 Å². The molecule has 0 bridgehead atoms. The Hall–Kier alpha value is -2.06. The van der Waals surface area contributed by atoms with Gasteiger partial charge < -0.3 is 14.8 Å². The molecule has 1 aliphatic rings. The lowest BCUT2D eigenvalue weighted by Gasteiger charge is -2.28. The van der Waals surface area contributed by atoms with Gasteiger partial charge in [-0.25, -0.2) is 0 Å². The molecule has 0 spiro atoms. The summed E-state index contributed by atoms with van der Waals surface area (Å²) in [4.78, 5) is 12.7. The molecule has 0 heterocycles. The Morgan fingerprint density at radius 3 is 2.74 bits per heavy atom. The molecule has 1 atom stereocenters. The van der Waals surface area contributed by atoms with Crippen LogP contribution in [-0.2, 0) is 9.53 Å². The van der Waals surface area contributed by atoms with E-state index in [4.69, 9.17) is 9.47 Å². The number of hydrogen-bond donors (Lipinski definition) is 1. The Balaban J connectivity index is 2.15. The van der Waals surface area contributed by atoms with E-state index in [-0.39, 0.29) is 11.8 Å². The van der Waals surface area contributed by atoms with E-state index in [1.54, 1.807) is 18.2 Å². The molecule has 1 fully saturated rings. The lowest BCUT2D eigenvalue weighted by molar-refractivity contribution is -0.141. The van der Waals surface area contributed by atoms with Crippen molar-refractivity contribution in [2.45, 2.75) is 45.6 Å². The van der Waals surface area contributed by atoms with Crippen molar-refractivity contribution in [3.63, 3.8) is 0 Å². The fourth-order valence-corrected chi connectivity index (χ4v) is 2.58. The number of anilines is 1. The smallest absolute Gasteiger partial charge is 0.256 e. The molecule has 0 aliphatic heterocycles. The molecule has 5 nitrogen and oxygen atoms in total. The van der Waals surface area contributed by atoms with E-state index >= 15 is 0 Å². The Labute approximate surface area is 137 Å². The van der Waals surface area contributed by atoms with Gasteiger partial charge in [-0.05, 0) is 57.2 Å². The maximum atomic E-state index is 12.7. The zero-order chi connectivity index (χ0) is 16.9. The van der Waals surface area contributed by atoms with Crippen molar-refractivity contribution in [2.75, 3.05) is 18.5 Å². The van der Waals surface area contributed by atoms with Crippen LogP contribution in [0.1, 0.15) is 45.6 Å². The van der Waals surface area contributed by atoms with Gasteiger partial charge in [0.25, 0.3) is 5.91 Å². The van der Waals surface area contributed by atoms with Gasteiger partial charge >= 0.3 is 0 Å². The van der Waals surface area contributed by atoms with Gasteiger partial charge in [0, 0.05) is 6.61 Å². The van der Waals surface area contributed by atoms with Crippen molar-refractivity contribution in [3.8, 4) is 11.8 Å². The van der Waals surface area contributed by atoms with Crippen molar-refractivity contribution in [3.05, 3.63) is 23.8 Å². The molecule has 5 heteroatoms. The SMILES string of the molecule is CCCOc1ccc(NC(=O)[C@@](C)(OCC)C2CC2)c(C#N)c1. The molecule has 1 N–H and O–H groups in total. The second-order valence-electron chi connectivity index (χ2n) is 5.94. The van der Waals surface area contributed by atoms with E-state index in [0.29, 0.717) is 30.2 Å². The monoisotopic (exact) mass is 316 g/mol. The van der Waals surface area contributed by atoms with Crippen LogP contribution < -0.4 is 10.1 Å². The van der Waals surface area contributed by atoms with Crippen LogP contribution in [-0.4, -0.2) is 24.7 Å². The molecule has 0 radical (unpaired) electrons. The largest absolute Gasteiger partial charge is 0.494 e. The van der Waals surface area contributed by atoms with Gasteiger partial charge in [0.2, 0.25) is 0 Å². The van der Waals surface area contributed by atoms with E-state index in [1.165, 1.54) is 0 Å². The van der Waals surface area contributed by atoms with Crippen LogP contribution in [0, 0.1) is 17.2 Å². The number of nitriles is 1. The number of benzene rings is 1. The number of nitrogens with zero attached hydrogens (tertiary/aromatic N) is 1. The van der Waals surface area contributed by atoms with Gasteiger partial charge in [0.05, 0.1) is 17.9 Å². The molecular formula is C18H24N2O3. The molecule has 124 valence electrons. The molecule has 0 aromatic heterocycles. The van der Waals surface area contributed by atoms with Gasteiger partial charge in [-0.15, -0.1) is 0 Å². The van der Waals surface area contributed by atoms with E-state index in [0.717, 1.165) is 19.3 Å². The minimum Gasteiger partial charge on any atom is -0.494 e. The van der Waals surface area contributed by atoms with Crippen molar-refractivity contribution in [1.29, 1.82) is 5.26 Å². The minimum atomic E-state index is -0.834. The summed E-state index contributed by atoms with van der Waals surface area (Å²) in [5.41, 5.74) is 0.0494. The molecule has 1 aliphatic carbocycles. The zero-order valence-electron chi connectivity index (χ0n) is 14.0. The molecule has 1 amide bonds. The summed E-state index contributed by atoms with van der Waals surface area (Å²) >= 11 is 0. The molecule has 23 heavy (non-hydrogen) atoms. The third-order valence-electron chi connectivity index (χ3n) is 4.08. The fourth-order valence-electron chi connectivity index (χ4n) is 2.58. The lowest BCUT2D eigenvalue weighted by atomic mass is 9.98. The maximum absolute atomic E-state index is 12.7. The second kappa shape index (κ2) is 7.47. The average molecular weight is 316 g/mol.